The van der Waals surface area contributed by atoms with Crippen LogP contribution in [-0.4, -0.2) is 58.3 Å². The lowest BCUT2D eigenvalue weighted by Gasteiger charge is -2.34. The molecule has 3 aromatic rings. The molecule has 2 aliphatic rings. The highest BCUT2D eigenvalue weighted by molar-refractivity contribution is 5.81. The molecule has 1 amide bonds. The van der Waals surface area contributed by atoms with Crippen molar-refractivity contribution in [3.05, 3.63) is 36.4 Å². The molecule has 1 aromatic carbocycles. The highest BCUT2D eigenvalue weighted by atomic mass is 19.4. The zero-order valence-electron chi connectivity index (χ0n) is 17.9. The lowest BCUT2D eigenvalue weighted by molar-refractivity contribution is -0.274. The monoisotopic (exact) mass is 459 g/mol. The van der Waals surface area contributed by atoms with Gasteiger partial charge >= 0.3 is 6.36 Å². The number of aromatic amines is 1. The van der Waals surface area contributed by atoms with Gasteiger partial charge in [-0.25, -0.2) is 9.97 Å². The average Bonchev–Trinajstić information content (AvgIpc) is 3.47. The van der Waals surface area contributed by atoms with Gasteiger partial charge < -0.3 is 19.5 Å². The van der Waals surface area contributed by atoms with Gasteiger partial charge in [-0.05, 0) is 49.9 Å². The van der Waals surface area contributed by atoms with Crippen LogP contribution in [0.15, 0.2) is 36.4 Å². The number of fused-ring (bicyclic) bond motifs is 1. The first-order chi connectivity index (χ1) is 15.9. The number of alkyl halides is 3. The number of carbonyl (C=O) groups excluding carboxylic acids is 1. The summed E-state index contributed by atoms with van der Waals surface area (Å²) in [5, 5.41) is 0. The fourth-order valence-corrected chi connectivity index (χ4v) is 4.62. The summed E-state index contributed by atoms with van der Waals surface area (Å²) < 4.78 is 41.6. The number of carbonyl (C=O) groups is 1. The van der Waals surface area contributed by atoms with Crippen LogP contribution in [0.3, 0.4) is 0 Å². The van der Waals surface area contributed by atoms with Crippen LogP contribution in [0.5, 0.6) is 5.75 Å². The van der Waals surface area contributed by atoms with E-state index in [0.29, 0.717) is 29.1 Å². The molecule has 2 fully saturated rings. The number of H-pyrrole nitrogens is 1. The molecule has 4 heterocycles. The van der Waals surface area contributed by atoms with E-state index in [9.17, 15) is 18.0 Å². The number of rotatable bonds is 4. The first-order valence-corrected chi connectivity index (χ1v) is 11.1. The van der Waals surface area contributed by atoms with Gasteiger partial charge in [-0.2, -0.15) is 0 Å². The maximum atomic E-state index is 12.8. The maximum absolute atomic E-state index is 12.8. The molecule has 1 atom stereocenters. The van der Waals surface area contributed by atoms with E-state index in [1.807, 2.05) is 17.0 Å². The third kappa shape index (κ3) is 4.74. The van der Waals surface area contributed by atoms with Crippen molar-refractivity contribution in [2.75, 3.05) is 31.1 Å². The Bertz CT molecular complexity index is 1160. The van der Waals surface area contributed by atoms with Crippen LogP contribution in [0, 0.1) is 5.92 Å². The number of pyridine rings is 1. The van der Waals surface area contributed by atoms with E-state index in [2.05, 4.69) is 24.6 Å². The molecule has 5 rings (SSSR count). The molecule has 1 unspecified atom stereocenters. The number of nitrogens with one attached hydrogen (secondary N) is 1. The predicted molar refractivity (Wildman–Crippen MR) is 117 cm³/mol. The zero-order valence-corrected chi connectivity index (χ0v) is 17.9. The Balaban J connectivity index is 1.35. The first-order valence-electron chi connectivity index (χ1n) is 11.1. The van der Waals surface area contributed by atoms with Gasteiger partial charge in [0.1, 0.15) is 17.4 Å². The van der Waals surface area contributed by atoms with Crippen LogP contribution in [0.2, 0.25) is 0 Å². The van der Waals surface area contributed by atoms with Crippen LogP contribution in [-0.2, 0) is 4.79 Å². The summed E-state index contributed by atoms with van der Waals surface area (Å²) in [4.78, 5) is 29.2. The topological polar surface area (TPSA) is 74.3 Å². The summed E-state index contributed by atoms with van der Waals surface area (Å²) in [5.74, 6) is 1.05. The molecule has 2 aromatic heterocycles. The average molecular weight is 459 g/mol. The number of halogens is 3. The summed E-state index contributed by atoms with van der Waals surface area (Å²) in [6, 6.07) is 9.40. The van der Waals surface area contributed by atoms with E-state index in [1.165, 1.54) is 18.2 Å². The normalized spacial score (nSPS) is 19.3. The van der Waals surface area contributed by atoms with E-state index in [0.717, 1.165) is 51.1 Å². The van der Waals surface area contributed by atoms with Crippen molar-refractivity contribution >= 4 is 22.9 Å². The molecular weight excluding hydrogens is 435 g/mol. The molecule has 0 aliphatic carbocycles. The molecule has 0 bridgehead atoms. The zero-order chi connectivity index (χ0) is 23.0. The smallest absolute Gasteiger partial charge is 0.406 e. The minimum atomic E-state index is -4.76. The van der Waals surface area contributed by atoms with Crippen molar-refractivity contribution < 1.29 is 22.7 Å². The minimum Gasteiger partial charge on any atom is -0.406 e. The molecule has 0 spiro atoms. The second-order valence-corrected chi connectivity index (χ2v) is 8.52. The Morgan fingerprint density at radius 1 is 1.06 bits per heavy atom. The number of hydrogen-bond acceptors (Lipinski definition) is 5. The lowest BCUT2D eigenvalue weighted by atomic mass is 9.96. The Labute approximate surface area is 188 Å². The van der Waals surface area contributed by atoms with Crippen molar-refractivity contribution in [3.8, 4) is 17.1 Å². The van der Waals surface area contributed by atoms with Crippen molar-refractivity contribution in [2.24, 2.45) is 5.92 Å². The van der Waals surface area contributed by atoms with E-state index in [-0.39, 0.29) is 17.6 Å². The second kappa shape index (κ2) is 8.57. The molecule has 0 radical (unpaired) electrons. The molecule has 33 heavy (non-hydrogen) atoms. The molecule has 0 saturated carbocycles. The highest BCUT2D eigenvalue weighted by Gasteiger charge is 2.32. The van der Waals surface area contributed by atoms with E-state index in [1.54, 1.807) is 6.07 Å². The van der Waals surface area contributed by atoms with Gasteiger partial charge in [0, 0.05) is 31.7 Å². The lowest BCUT2D eigenvalue weighted by Crippen LogP contribution is -2.44. The first kappa shape index (κ1) is 21.5. The van der Waals surface area contributed by atoms with Gasteiger partial charge in [0.2, 0.25) is 5.91 Å². The van der Waals surface area contributed by atoms with E-state index >= 15 is 0 Å². The number of imidazole rings is 1. The number of anilines is 1. The fraction of sp³-hybridized carbons (Fsp3) is 0.435. The van der Waals surface area contributed by atoms with Crippen molar-refractivity contribution in [3.63, 3.8) is 0 Å². The van der Waals surface area contributed by atoms with Crippen molar-refractivity contribution in [2.45, 2.75) is 32.0 Å². The Hall–Kier alpha value is -3.30. The number of piperidine rings is 1. The van der Waals surface area contributed by atoms with Crippen LogP contribution in [0.4, 0.5) is 19.0 Å². The highest BCUT2D eigenvalue weighted by Crippen LogP contribution is 2.29. The Kier molecular flexibility index (Phi) is 5.59. The largest absolute Gasteiger partial charge is 0.573 e. The molecule has 7 nitrogen and oxygen atoms in total. The number of ether oxygens (including phenoxy) is 1. The molecule has 10 heteroatoms. The third-order valence-electron chi connectivity index (χ3n) is 6.18. The second-order valence-electron chi connectivity index (χ2n) is 8.52. The van der Waals surface area contributed by atoms with Crippen molar-refractivity contribution in [1.82, 2.24) is 19.9 Å². The summed E-state index contributed by atoms with van der Waals surface area (Å²) in [5.41, 5.74) is 1.61. The van der Waals surface area contributed by atoms with Crippen molar-refractivity contribution in [1.29, 1.82) is 0 Å². The minimum absolute atomic E-state index is 0.0273. The number of amides is 1. The Morgan fingerprint density at radius 3 is 2.67 bits per heavy atom. The third-order valence-corrected chi connectivity index (χ3v) is 6.18. The van der Waals surface area contributed by atoms with Gasteiger partial charge in [-0.1, -0.05) is 12.1 Å². The molecule has 2 saturated heterocycles. The van der Waals surface area contributed by atoms with Crippen LogP contribution in [0.1, 0.15) is 25.7 Å². The van der Waals surface area contributed by atoms with Gasteiger partial charge in [0.05, 0.1) is 11.4 Å². The summed E-state index contributed by atoms with van der Waals surface area (Å²) in [6.45, 7) is 3.15. The van der Waals surface area contributed by atoms with Gasteiger partial charge in [0.15, 0.2) is 5.65 Å². The maximum Gasteiger partial charge on any atom is 0.573 e. The summed E-state index contributed by atoms with van der Waals surface area (Å²) >= 11 is 0. The van der Waals surface area contributed by atoms with Gasteiger partial charge in [-0.3, -0.25) is 4.79 Å². The fourth-order valence-electron chi connectivity index (χ4n) is 4.62. The van der Waals surface area contributed by atoms with Crippen LogP contribution < -0.4 is 9.64 Å². The number of likely N-dealkylation sites (tertiary alicyclic amines) is 1. The van der Waals surface area contributed by atoms with Crippen LogP contribution in [0.25, 0.3) is 22.6 Å². The molecule has 174 valence electrons. The van der Waals surface area contributed by atoms with E-state index < -0.39 is 6.36 Å². The van der Waals surface area contributed by atoms with E-state index in [4.69, 9.17) is 0 Å². The standard InChI is InChI=1S/C23H24F3N5O2/c24-23(25,26)33-17-7-3-5-15(13-17)20-27-18-8-9-19(28-21(18)29-20)31-12-4-6-16(14-31)22(32)30-10-1-2-11-30/h3,5,7-9,13,16H,1-2,4,6,10-12,14H2,(H,27,28,29). The Morgan fingerprint density at radius 2 is 1.88 bits per heavy atom. The molecule has 1 N–H and O–H groups in total. The predicted octanol–water partition coefficient (Wildman–Crippen LogP) is 4.36. The summed E-state index contributed by atoms with van der Waals surface area (Å²) in [7, 11) is 0. The van der Waals surface area contributed by atoms with Gasteiger partial charge in [0.25, 0.3) is 0 Å². The SMILES string of the molecule is O=C(C1CCCN(c2ccc3[nH]c(-c4cccc(OC(F)(F)F)c4)nc3n2)C1)N1CCCC1. The number of aromatic nitrogens is 3. The van der Waals surface area contributed by atoms with Crippen LogP contribution >= 0.6 is 0 Å². The quantitative estimate of drug-likeness (QED) is 0.628. The number of benzene rings is 1. The molecular formula is C23H24F3N5O2. The number of nitrogens with zero attached hydrogens (tertiary/aromatic N) is 4. The number of hydrogen-bond donors (Lipinski definition) is 1. The summed E-state index contributed by atoms with van der Waals surface area (Å²) in [6.07, 6.45) is -0.801. The molecule has 2 aliphatic heterocycles. The van der Waals surface area contributed by atoms with Gasteiger partial charge in [-0.15, -0.1) is 13.2 Å².